The van der Waals surface area contributed by atoms with Gasteiger partial charge in [-0.2, -0.15) is 0 Å². The molecule has 2 aromatic carbocycles. The molecular formula is C17H14O2. The van der Waals surface area contributed by atoms with Gasteiger partial charge in [-0.1, -0.05) is 30.3 Å². The highest BCUT2D eigenvalue weighted by molar-refractivity contribution is 5.95. The SMILES string of the molecule is COc1ccc2c(c1)[C@@H]1C(=O)C[C@H]2c2ccccc21. The van der Waals surface area contributed by atoms with Gasteiger partial charge in [-0.25, -0.2) is 0 Å². The van der Waals surface area contributed by atoms with Crippen LogP contribution in [0.5, 0.6) is 5.75 Å². The second-order valence-corrected chi connectivity index (χ2v) is 5.28. The van der Waals surface area contributed by atoms with Gasteiger partial charge in [-0.15, -0.1) is 0 Å². The van der Waals surface area contributed by atoms with Crippen LogP contribution in [0.4, 0.5) is 0 Å². The van der Waals surface area contributed by atoms with Gasteiger partial charge in [0.15, 0.2) is 0 Å². The summed E-state index contributed by atoms with van der Waals surface area (Å²) in [6.45, 7) is 0. The van der Waals surface area contributed by atoms with Crippen LogP contribution in [0.15, 0.2) is 42.5 Å². The predicted molar refractivity (Wildman–Crippen MR) is 72.7 cm³/mol. The Morgan fingerprint density at radius 1 is 1.00 bits per heavy atom. The summed E-state index contributed by atoms with van der Waals surface area (Å²) in [5, 5.41) is 0. The van der Waals surface area contributed by atoms with Crippen molar-refractivity contribution in [3.63, 3.8) is 0 Å². The summed E-state index contributed by atoms with van der Waals surface area (Å²) in [5.41, 5.74) is 4.94. The molecule has 0 amide bonds. The van der Waals surface area contributed by atoms with Gasteiger partial charge in [-0.05, 0) is 34.4 Å². The fourth-order valence-electron chi connectivity index (χ4n) is 3.56. The van der Waals surface area contributed by atoms with Crippen LogP contribution in [0.25, 0.3) is 0 Å². The molecule has 2 bridgehead atoms. The molecule has 94 valence electrons. The molecule has 0 N–H and O–H groups in total. The molecule has 0 heterocycles. The number of Topliss-reactive ketones (excluding diaryl/α,β-unsaturated/α-hetero) is 1. The second-order valence-electron chi connectivity index (χ2n) is 5.28. The molecular weight excluding hydrogens is 236 g/mol. The maximum absolute atomic E-state index is 12.3. The Hall–Kier alpha value is -2.09. The van der Waals surface area contributed by atoms with E-state index >= 15 is 0 Å². The molecule has 0 unspecified atom stereocenters. The van der Waals surface area contributed by atoms with Crippen LogP contribution in [0.2, 0.25) is 0 Å². The first-order chi connectivity index (χ1) is 9.29. The fourth-order valence-corrected chi connectivity index (χ4v) is 3.56. The van der Waals surface area contributed by atoms with E-state index in [1.807, 2.05) is 18.2 Å². The summed E-state index contributed by atoms with van der Waals surface area (Å²) < 4.78 is 5.30. The van der Waals surface area contributed by atoms with Crippen molar-refractivity contribution >= 4 is 5.78 Å². The minimum atomic E-state index is -0.0914. The van der Waals surface area contributed by atoms with Gasteiger partial charge in [0.25, 0.3) is 0 Å². The standard InChI is InChI=1S/C17H14O2/c1-19-10-6-7-12-14-9-16(18)17(15(12)8-10)13-5-3-2-4-11(13)14/h2-8,14,17H,9H2,1H3/t14-,17+/m0/s1. The topological polar surface area (TPSA) is 26.3 Å². The summed E-state index contributed by atoms with van der Waals surface area (Å²) in [4.78, 5) is 12.3. The minimum Gasteiger partial charge on any atom is -0.497 e. The molecule has 0 saturated carbocycles. The lowest BCUT2D eigenvalue weighted by Crippen LogP contribution is -2.32. The number of fused-ring (bicyclic) bond motifs is 1. The average Bonchev–Trinajstić information content (AvgIpc) is 2.46. The molecule has 3 aliphatic carbocycles. The molecule has 2 aromatic rings. The van der Waals surface area contributed by atoms with E-state index in [4.69, 9.17) is 4.74 Å². The van der Waals surface area contributed by atoms with E-state index in [0.717, 1.165) is 11.3 Å². The smallest absolute Gasteiger partial charge is 0.145 e. The Morgan fingerprint density at radius 2 is 1.74 bits per heavy atom. The fraction of sp³-hybridized carbons (Fsp3) is 0.235. The first-order valence-corrected chi connectivity index (χ1v) is 6.59. The largest absolute Gasteiger partial charge is 0.497 e. The maximum atomic E-state index is 12.3. The van der Waals surface area contributed by atoms with Crippen LogP contribution in [-0.4, -0.2) is 12.9 Å². The summed E-state index contributed by atoms with van der Waals surface area (Å²) in [6, 6.07) is 14.5. The van der Waals surface area contributed by atoms with Crippen LogP contribution in [-0.2, 0) is 4.79 Å². The molecule has 2 nitrogen and oxygen atoms in total. The number of carbonyl (C=O) groups excluding carboxylic acids is 1. The third kappa shape index (κ3) is 1.34. The Bertz CT molecular complexity index is 687. The molecule has 2 heteroatoms. The molecule has 0 aliphatic heterocycles. The Morgan fingerprint density at radius 3 is 2.53 bits per heavy atom. The highest BCUT2D eigenvalue weighted by atomic mass is 16.5. The van der Waals surface area contributed by atoms with Crippen molar-refractivity contribution in [1.29, 1.82) is 0 Å². The van der Waals surface area contributed by atoms with Crippen molar-refractivity contribution in [3.05, 3.63) is 64.7 Å². The van der Waals surface area contributed by atoms with Crippen LogP contribution < -0.4 is 4.74 Å². The first-order valence-electron chi connectivity index (χ1n) is 6.59. The number of hydrogen-bond donors (Lipinski definition) is 0. The number of benzene rings is 2. The van der Waals surface area contributed by atoms with E-state index < -0.39 is 0 Å². The summed E-state index contributed by atoms with van der Waals surface area (Å²) >= 11 is 0. The molecule has 5 rings (SSSR count). The highest BCUT2D eigenvalue weighted by Gasteiger charge is 2.42. The first kappa shape index (κ1) is 10.8. The molecule has 0 saturated heterocycles. The van der Waals surface area contributed by atoms with Crippen LogP contribution in [0.1, 0.15) is 40.5 Å². The van der Waals surface area contributed by atoms with Gasteiger partial charge in [0, 0.05) is 12.3 Å². The zero-order valence-corrected chi connectivity index (χ0v) is 10.7. The summed E-state index contributed by atoms with van der Waals surface area (Å²) in [5.74, 6) is 1.31. The van der Waals surface area contributed by atoms with Gasteiger partial charge in [0.2, 0.25) is 0 Å². The average molecular weight is 250 g/mol. The maximum Gasteiger partial charge on any atom is 0.145 e. The van der Waals surface area contributed by atoms with E-state index in [2.05, 4.69) is 24.3 Å². The van der Waals surface area contributed by atoms with Gasteiger partial charge >= 0.3 is 0 Å². The van der Waals surface area contributed by atoms with Crippen molar-refractivity contribution in [2.24, 2.45) is 0 Å². The molecule has 19 heavy (non-hydrogen) atoms. The van der Waals surface area contributed by atoms with Crippen molar-refractivity contribution in [1.82, 2.24) is 0 Å². The third-order valence-electron chi connectivity index (χ3n) is 4.39. The lowest BCUT2D eigenvalue weighted by Gasteiger charge is -2.39. The van der Waals surface area contributed by atoms with E-state index in [1.54, 1.807) is 7.11 Å². The Kier molecular flexibility index (Phi) is 2.10. The Labute approximate surface area is 112 Å². The molecule has 0 fully saturated rings. The van der Waals surface area contributed by atoms with E-state index in [9.17, 15) is 4.79 Å². The zero-order chi connectivity index (χ0) is 13.0. The number of ether oxygens (including phenoxy) is 1. The molecule has 0 spiro atoms. The van der Waals surface area contributed by atoms with Crippen molar-refractivity contribution in [3.8, 4) is 5.75 Å². The lowest BCUT2D eigenvalue weighted by molar-refractivity contribution is -0.120. The number of methoxy groups -OCH3 is 1. The summed E-state index contributed by atoms with van der Waals surface area (Å²) in [7, 11) is 1.67. The normalized spacial score (nSPS) is 22.9. The molecule has 0 radical (unpaired) electrons. The van der Waals surface area contributed by atoms with Gasteiger partial charge in [0.1, 0.15) is 11.5 Å². The number of rotatable bonds is 1. The van der Waals surface area contributed by atoms with Crippen molar-refractivity contribution in [2.75, 3.05) is 7.11 Å². The van der Waals surface area contributed by atoms with Crippen LogP contribution in [0.3, 0.4) is 0 Å². The van der Waals surface area contributed by atoms with Crippen molar-refractivity contribution < 1.29 is 9.53 Å². The van der Waals surface area contributed by atoms with E-state index in [0.29, 0.717) is 12.2 Å². The lowest BCUT2D eigenvalue weighted by atomic mass is 9.63. The highest BCUT2D eigenvalue weighted by Crippen LogP contribution is 2.51. The quantitative estimate of drug-likeness (QED) is 0.776. The number of ketones is 1. The van der Waals surface area contributed by atoms with Crippen LogP contribution >= 0.6 is 0 Å². The van der Waals surface area contributed by atoms with Crippen LogP contribution in [0, 0.1) is 0 Å². The molecule has 3 aliphatic rings. The van der Waals surface area contributed by atoms with Gasteiger partial charge in [0.05, 0.1) is 13.0 Å². The van der Waals surface area contributed by atoms with E-state index in [-0.39, 0.29) is 11.8 Å². The Balaban J connectivity index is 2.00. The molecule has 2 atom stereocenters. The molecule has 0 aromatic heterocycles. The van der Waals surface area contributed by atoms with Crippen molar-refractivity contribution in [2.45, 2.75) is 18.3 Å². The zero-order valence-electron chi connectivity index (χ0n) is 10.7. The third-order valence-corrected chi connectivity index (χ3v) is 4.39. The number of hydrogen-bond acceptors (Lipinski definition) is 2. The van der Waals surface area contributed by atoms with Gasteiger partial charge in [-0.3, -0.25) is 4.79 Å². The van der Waals surface area contributed by atoms with E-state index in [1.165, 1.54) is 16.7 Å². The number of carbonyl (C=O) groups is 1. The monoisotopic (exact) mass is 250 g/mol. The predicted octanol–water partition coefficient (Wildman–Crippen LogP) is 3.25. The van der Waals surface area contributed by atoms with Gasteiger partial charge < -0.3 is 4.74 Å². The minimum absolute atomic E-state index is 0.0914. The summed E-state index contributed by atoms with van der Waals surface area (Å²) in [6.07, 6.45) is 0.640. The second kappa shape index (κ2) is 3.70.